The number of aliphatic hydroxyl groups is 1. The fourth-order valence-corrected chi connectivity index (χ4v) is 3.84. The predicted octanol–water partition coefficient (Wildman–Crippen LogP) is 4.63. The number of thioether (sulfide) groups is 1. The van der Waals surface area contributed by atoms with Crippen molar-refractivity contribution < 1.29 is 18.6 Å². The molecule has 3 N–H and O–H groups in total. The van der Waals surface area contributed by atoms with Crippen molar-refractivity contribution in [3.05, 3.63) is 41.7 Å². The number of methoxy groups -OCH3 is 1. The minimum absolute atomic E-state index is 0.0881. The van der Waals surface area contributed by atoms with E-state index in [4.69, 9.17) is 9.73 Å². The van der Waals surface area contributed by atoms with Gasteiger partial charge in [0.2, 0.25) is 0 Å². The Morgan fingerprint density at radius 1 is 1.26 bits per heavy atom. The van der Waals surface area contributed by atoms with E-state index >= 15 is 0 Å². The van der Waals surface area contributed by atoms with Gasteiger partial charge in [0.15, 0.2) is 5.17 Å². The molecule has 0 radical (unpaired) electrons. The van der Waals surface area contributed by atoms with E-state index < -0.39 is 11.8 Å². The number of ether oxygens (including phenoxy) is 1. The predicted molar refractivity (Wildman–Crippen MR) is 134 cm³/mol. The molecule has 9 heteroatoms. The molecule has 2 heterocycles. The fraction of sp³-hybridized carbons (Fsp3) is 0.385. The van der Waals surface area contributed by atoms with Crippen LogP contribution in [-0.2, 0) is 0 Å². The second kappa shape index (κ2) is 10.7. The number of hydrogen-bond donors (Lipinski definition) is 3. The molecule has 35 heavy (non-hydrogen) atoms. The summed E-state index contributed by atoms with van der Waals surface area (Å²) < 4.78 is 32.4. The number of aliphatic imine (C=N–C) groups is 1. The molecule has 2 fully saturated rings. The van der Waals surface area contributed by atoms with Crippen LogP contribution in [0.3, 0.4) is 0 Å². The zero-order valence-electron chi connectivity index (χ0n) is 19.7. The van der Waals surface area contributed by atoms with Crippen LogP contribution in [0.1, 0.15) is 44.4 Å². The van der Waals surface area contributed by atoms with Gasteiger partial charge in [0, 0.05) is 28.0 Å². The van der Waals surface area contributed by atoms with Crippen LogP contribution in [0.25, 0.3) is 11.1 Å². The number of hydrazine groups is 1. The highest BCUT2D eigenvalue weighted by Crippen LogP contribution is 2.39. The van der Waals surface area contributed by atoms with Gasteiger partial charge in [-0.3, -0.25) is 10.4 Å². The third-order valence-corrected chi connectivity index (χ3v) is 6.20. The minimum Gasteiger partial charge on any atom is -0.494 e. The first-order valence-corrected chi connectivity index (χ1v) is 12.0. The number of benzene rings is 1. The van der Waals surface area contributed by atoms with Crippen molar-refractivity contribution in [3.8, 4) is 40.6 Å². The Morgan fingerprint density at radius 3 is 2.74 bits per heavy atom. The van der Waals surface area contributed by atoms with E-state index in [1.54, 1.807) is 12.1 Å². The maximum Gasteiger partial charge on any atom is 0.280 e. The molecule has 0 spiro atoms. The molecule has 1 aromatic heterocycles. The number of nitrogens with one attached hydrogen (secondary N) is 2. The number of amidine groups is 1. The number of pyridine rings is 1. The van der Waals surface area contributed by atoms with Gasteiger partial charge < -0.3 is 9.84 Å². The van der Waals surface area contributed by atoms with E-state index in [-0.39, 0.29) is 17.7 Å². The molecular formula is C26H26F2N4O2S. The monoisotopic (exact) mass is 496 g/mol. The van der Waals surface area contributed by atoms with Crippen molar-refractivity contribution in [1.29, 1.82) is 0 Å². The minimum atomic E-state index is -2.73. The van der Waals surface area contributed by atoms with Gasteiger partial charge >= 0.3 is 0 Å². The highest BCUT2D eigenvalue weighted by atomic mass is 32.2. The van der Waals surface area contributed by atoms with Gasteiger partial charge in [0.1, 0.15) is 16.8 Å². The van der Waals surface area contributed by atoms with Crippen LogP contribution >= 0.6 is 11.8 Å². The van der Waals surface area contributed by atoms with Crippen LogP contribution in [0, 0.1) is 35.0 Å². The zero-order chi connectivity index (χ0) is 25.0. The highest BCUT2D eigenvalue weighted by molar-refractivity contribution is 8.14. The summed E-state index contributed by atoms with van der Waals surface area (Å²) in [6.07, 6.45) is 0.863. The Bertz CT molecular complexity index is 1250. The summed E-state index contributed by atoms with van der Waals surface area (Å²) >= 11 is 1.45. The topological polar surface area (TPSA) is 78.8 Å². The molecule has 4 rings (SSSR count). The second-order valence-corrected chi connectivity index (χ2v) is 9.98. The third kappa shape index (κ3) is 6.52. The Balaban J connectivity index is 1.76. The SMILES string of the molecule is COc1cnc(C(F)F)cc1-c1cc(C#CC(C)(C)CO)ccc1N=C1NNC(C#CC2CC2)S1. The highest BCUT2D eigenvalue weighted by Gasteiger charge is 2.23. The van der Waals surface area contributed by atoms with Gasteiger partial charge in [0.25, 0.3) is 6.43 Å². The Hall–Kier alpha value is -3.11. The average Bonchev–Trinajstić information content (AvgIpc) is 3.59. The van der Waals surface area contributed by atoms with E-state index in [1.165, 1.54) is 31.1 Å². The van der Waals surface area contributed by atoms with Crippen LogP contribution in [-0.4, -0.2) is 34.3 Å². The van der Waals surface area contributed by atoms with Crippen LogP contribution in [0.2, 0.25) is 0 Å². The quantitative estimate of drug-likeness (QED) is 0.524. The number of nitrogens with zero attached hydrogens (tertiary/aromatic N) is 2. The van der Waals surface area contributed by atoms with Crippen LogP contribution < -0.4 is 15.6 Å². The maximum atomic E-state index is 13.5. The lowest BCUT2D eigenvalue weighted by molar-refractivity contribution is 0.146. The van der Waals surface area contributed by atoms with Gasteiger partial charge in [-0.1, -0.05) is 35.4 Å². The number of alkyl halides is 2. The molecule has 1 aliphatic heterocycles. The number of aromatic nitrogens is 1. The van der Waals surface area contributed by atoms with Crippen molar-refractivity contribution in [2.45, 2.75) is 38.5 Å². The van der Waals surface area contributed by atoms with Crippen LogP contribution in [0.5, 0.6) is 5.75 Å². The first-order valence-electron chi connectivity index (χ1n) is 11.2. The van der Waals surface area contributed by atoms with Crippen molar-refractivity contribution in [3.63, 3.8) is 0 Å². The van der Waals surface area contributed by atoms with Crippen molar-refractivity contribution in [2.24, 2.45) is 16.3 Å². The molecule has 2 aliphatic rings. The molecule has 2 aromatic rings. The Kier molecular flexibility index (Phi) is 7.61. The summed E-state index contributed by atoms with van der Waals surface area (Å²) in [5, 5.41) is 10.0. The van der Waals surface area contributed by atoms with Crippen LogP contribution in [0.4, 0.5) is 14.5 Å². The number of aliphatic hydroxyl groups excluding tert-OH is 1. The molecule has 1 atom stereocenters. The average molecular weight is 497 g/mol. The number of halogens is 2. The Morgan fingerprint density at radius 2 is 2.06 bits per heavy atom. The molecule has 1 aromatic carbocycles. The lowest BCUT2D eigenvalue weighted by Gasteiger charge is -2.14. The second-order valence-electron chi connectivity index (χ2n) is 8.88. The summed E-state index contributed by atoms with van der Waals surface area (Å²) in [4.78, 5) is 8.54. The zero-order valence-corrected chi connectivity index (χ0v) is 20.5. The van der Waals surface area contributed by atoms with Gasteiger partial charge in [-0.2, -0.15) is 0 Å². The molecule has 1 unspecified atom stereocenters. The van der Waals surface area contributed by atoms with Gasteiger partial charge in [-0.25, -0.2) is 19.2 Å². The molecule has 1 saturated heterocycles. The number of hydrogen-bond acceptors (Lipinski definition) is 6. The normalized spacial score (nSPS) is 18.5. The maximum absolute atomic E-state index is 13.5. The molecule has 6 nitrogen and oxygen atoms in total. The van der Waals surface area contributed by atoms with Crippen LogP contribution in [0.15, 0.2) is 35.5 Å². The summed E-state index contributed by atoms with van der Waals surface area (Å²) in [5.41, 5.74) is 7.41. The van der Waals surface area contributed by atoms with Crippen molar-refractivity contribution in [2.75, 3.05) is 13.7 Å². The van der Waals surface area contributed by atoms with Gasteiger partial charge in [-0.05, 0) is 51.0 Å². The summed E-state index contributed by atoms with van der Waals surface area (Å²) in [6.45, 7) is 3.58. The fourth-order valence-electron chi connectivity index (χ4n) is 3.11. The first kappa shape index (κ1) is 25.0. The standard InChI is InChI=1S/C26H26F2N4O2S/c1-26(2,15-33)11-10-17-6-8-20(30-25-32-31-23(35-25)9-7-16-4-5-16)18(12-17)19-13-21(24(27)28)29-14-22(19)34-3/h6,8,12-14,16,23-24,31,33H,4-5,15H2,1-3H3,(H,30,32). The van der Waals surface area contributed by atoms with Gasteiger partial charge in [-0.15, -0.1) is 0 Å². The van der Waals surface area contributed by atoms with E-state index in [9.17, 15) is 13.9 Å². The lowest BCUT2D eigenvalue weighted by Crippen LogP contribution is -2.30. The summed E-state index contributed by atoms with van der Waals surface area (Å²) in [7, 11) is 1.46. The summed E-state index contributed by atoms with van der Waals surface area (Å²) in [6, 6.07) is 6.69. The van der Waals surface area contributed by atoms with Gasteiger partial charge in [0.05, 0.1) is 25.6 Å². The molecule has 1 aliphatic carbocycles. The number of rotatable bonds is 5. The first-order chi connectivity index (χ1) is 16.8. The lowest BCUT2D eigenvalue weighted by atomic mass is 9.95. The van der Waals surface area contributed by atoms with E-state index in [0.29, 0.717) is 39.2 Å². The molecule has 182 valence electrons. The van der Waals surface area contributed by atoms with Crippen molar-refractivity contribution in [1.82, 2.24) is 15.8 Å². The smallest absolute Gasteiger partial charge is 0.280 e. The third-order valence-electron chi connectivity index (χ3n) is 5.32. The largest absolute Gasteiger partial charge is 0.494 e. The summed E-state index contributed by atoms with van der Waals surface area (Å²) in [5.74, 6) is 13.4. The van der Waals surface area contributed by atoms with E-state index in [2.05, 4.69) is 39.5 Å². The molecular weight excluding hydrogens is 470 g/mol. The molecule has 1 saturated carbocycles. The Labute approximate surface area is 207 Å². The van der Waals surface area contributed by atoms with E-state index in [0.717, 1.165) is 12.8 Å². The van der Waals surface area contributed by atoms with E-state index in [1.807, 2.05) is 19.9 Å². The molecule has 0 amide bonds. The van der Waals surface area contributed by atoms with Crippen molar-refractivity contribution >= 4 is 22.6 Å². The molecule has 0 bridgehead atoms.